The summed E-state index contributed by atoms with van der Waals surface area (Å²) in [6, 6.07) is 3.00. The van der Waals surface area contributed by atoms with Crippen LogP contribution in [0, 0.1) is 0 Å². The molecule has 0 aromatic carbocycles. The van der Waals surface area contributed by atoms with E-state index in [1.807, 2.05) is 0 Å². The van der Waals surface area contributed by atoms with E-state index >= 15 is 0 Å². The average Bonchev–Trinajstić information content (AvgIpc) is 1.89. The van der Waals surface area contributed by atoms with Crippen molar-refractivity contribution in [3.63, 3.8) is 0 Å². The van der Waals surface area contributed by atoms with E-state index < -0.39 is 0 Å². The van der Waals surface area contributed by atoms with Gasteiger partial charge in [0.25, 0.3) is 0 Å². The van der Waals surface area contributed by atoms with Crippen molar-refractivity contribution in [3.8, 4) is 5.88 Å². The van der Waals surface area contributed by atoms with Crippen LogP contribution in [0.1, 0.15) is 5.56 Å². The molecular weight excluding hydrogens is 118 g/mol. The third-order valence-corrected chi connectivity index (χ3v) is 0.897. The van der Waals surface area contributed by atoms with E-state index in [1.165, 1.54) is 18.5 Å². The first-order chi connectivity index (χ1) is 4.34. The maximum Gasteiger partial charge on any atom is 0.239 e. The van der Waals surface area contributed by atoms with Crippen LogP contribution in [0.25, 0.3) is 0 Å². The van der Waals surface area contributed by atoms with Crippen LogP contribution < -0.4 is 0 Å². The molecule has 0 aliphatic heterocycles. The zero-order valence-corrected chi connectivity index (χ0v) is 4.53. The van der Waals surface area contributed by atoms with Crippen molar-refractivity contribution >= 4 is 6.29 Å². The monoisotopic (exact) mass is 122 g/mol. The van der Waals surface area contributed by atoms with E-state index in [2.05, 4.69) is 4.98 Å². The van der Waals surface area contributed by atoms with Gasteiger partial charge in [0.05, 0.1) is 5.56 Å². The molecule has 9 heavy (non-hydrogen) atoms. The van der Waals surface area contributed by atoms with Gasteiger partial charge in [-0.3, -0.25) is 4.79 Å². The van der Waals surface area contributed by atoms with E-state index in [1.54, 1.807) is 6.07 Å². The van der Waals surface area contributed by atoms with Crippen LogP contribution in [0.2, 0.25) is 0 Å². The maximum atomic E-state index is 9.90. The number of hydrogen-bond donors (Lipinski definition) is 1. The summed E-state index contributed by atoms with van der Waals surface area (Å²) in [5.74, 6) is -0.271. The van der Waals surface area contributed by atoms with Crippen molar-refractivity contribution in [2.75, 3.05) is 0 Å². The van der Waals surface area contributed by atoms with Crippen molar-refractivity contribution in [2.24, 2.45) is 0 Å². The molecule has 1 aromatic rings. The van der Waals surface area contributed by atoms with Crippen LogP contribution in [0.4, 0.5) is 0 Å². The SMILES string of the molecule is O=[C]c1cccnc1O. The molecule has 0 atom stereocenters. The Balaban J connectivity index is 3.15. The molecule has 1 heterocycles. The molecule has 1 N–H and O–H groups in total. The Kier molecular flexibility index (Phi) is 1.44. The molecule has 0 amide bonds. The van der Waals surface area contributed by atoms with Crippen molar-refractivity contribution in [3.05, 3.63) is 23.9 Å². The fraction of sp³-hybridized carbons (Fsp3) is 0. The topological polar surface area (TPSA) is 50.2 Å². The van der Waals surface area contributed by atoms with Gasteiger partial charge in [-0.15, -0.1) is 0 Å². The molecule has 0 aliphatic carbocycles. The standard InChI is InChI=1S/C6H4NO2/c8-4-5-2-1-3-7-6(5)9/h1-3H,(H,7,9). The Labute approximate surface area is 52.0 Å². The van der Waals surface area contributed by atoms with E-state index in [4.69, 9.17) is 5.11 Å². The summed E-state index contributed by atoms with van der Waals surface area (Å²) in [5.41, 5.74) is 0.0949. The van der Waals surface area contributed by atoms with Crippen molar-refractivity contribution in [1.82, 2.24) is 4.98 Å². The predicted molar refractivity (Wildman–Crippen MR) is 30.7 cm³/mol. The molecule has 0 aliphatic rings. The van der Waals surface area contributed by atoms with E-state index in [0.717, 1.165) is 0 Å². The van der Waals surface area contributed by atoms with Gasteiger partial charge in [0, 0.05) is 6.20 Å². The number of hydrogen-bond acceptors (Lipinski definition) is 3. The van der Waals surface area contributed by atoms with Crippen LogP contribution in [0.5, 0.6) is 5.88 Å². The van der Waals surface area contributed by atoms with Crippen LogP contribution in [0.3, 0.4) is 0 Å². The first-order valence-corrected chi connectivity index (χ1v) is 2.36. The predicted octanol–water partition coefficient (Wildman–Crippen LogP) is 0.245. The van der Waals surface area contributed by atoms with Gasteiger partial charge in [-0.2, -0.15) is 0 Å². The third kappa shape index (κ3) is 1.05. The van der Waals surface area contributed by atoms with E-state index in [-0.39, 0.29) is 11.4 Å². The summed E-state index contributed by atoms with van der Waals surface area (Å²) in [5, 5.41) is 8.74. The molecular formula is C6H4NO2. The summed E-state index contributed by atoms with van der Waals surface area (Å²) in [6.07, 6.45) is 2.93. The number of aromatic hydroxyl groups is 1. The van der Waals surface area contributed by atoms with Gasteiger partial charge >= 0.3 is 0 Å². The summed E-state index contributed by atoms with van der Waals surface area (Å²) < 4.78 is 0. The molecule has 3 heteroatoms. The number of rotatable bonds is 1. The van der Waals surface area contributed by atoms with Gasteiger partial charge in [-0.1, -0.05) is 0 Å². The molecule has 0 fully saturated rings. The molecule has 45 valence electrons. The first-order valence-electron chi connectivity index (χ1n) is 2.36. The second-order valence-corrected chi connectivity index (χ2v) is 1.48. The Morgan fingerprint density at radius 2 is 2.44 bits per heavy atom. The number of nitrogens with zero attached hydrogens (tertiary/aromatic N) is 1. The van der Waals surface area contributed by atoms with Gasteiger partial charge in [0.15, 0.2) is 0 Å². The molecule has 1 rings (SSSR count). The first kappa shape index (κ1) is 5.75. The van der Waals surface area contributed by atoms with Gasteiger partial charge in [-0.25, -0.2) is 4.98 Å². The van der Waals surface area contributed by atoms with Crippen LogP contribution in [-0.2, 0) is 4.79 Å². The lowest BCUT2D eigenvalue weighted by Crippen LogP contribution is -1.82. The van der Waals surface area contributed by atoms with E-state index in [0.29, 0.717) is 0 Å². The summed E-state index contributed by atoms with van der Waals surface area (Å²) in [4.78, 5) is 13.3. The average molecular weight is 122 g/mol. The Bertz CT molecular complexity index is 222. The highest BCUT2D eigenvalue weighted by Gasteiger charge is 1.96. The van der Waals surface area contributed by atoms with Crippen molar-refractivity contribution in [1.29, 1.82) is 0 Å². The van der Waals surface area contributed by atoms with Crippen molar-refractivity contribution < 1.29 is 9.90 Å². The number of pyridine rings is 1. The smallest absolute Gasteiger partial charge is 0.239 e. The van der Waals surface area contributed by atoms with Gasteiger partial charge in [0.1, 0.15) is 0 Å². The van der Waals surface area contributed by atoms with Gasteiger partial charge < -0.3 is 5.11 Å². The minimum atomic E-state index is -0.271. The lowest BCUT2D eigenvalue weighted by molar-refractivity contribution is 0.450. The van der Waals surface area contributed by atoms with Crippen LogP contribution >= 0.6 is 0 Å². The molecule has 0 saturated carbocycles. The minimum Gasteiger partial charge on any atom is -0.493 e. The molecule has 1 aromatic heterocycles. The lowest BCUT2D eigenvalue weighted by atomic mass is 10.3. The minimum absolute atomic E-state index is 0.0949. The molecule has 1 radical (unpaired) electrons. The second kappa shape index (κ2) is 2.26. The summed E-state index contributed by atoms with van der Waals surface area (Å²) in [7, 11) is 0. The fourth-order valence-corrected chi connectivity index (χ4v) is 0.477. The normalized spacial score (nSPS) is 8.89. The largest absolute Gasteiger partial charge is 0.493 e. The lowest BCUT2D eigenvalue weighted by Gasteiger charge is -1.89. The summed E-state index contributed by atoms with van der Waals surface area (Å²) >= 11 is 0. The fourth-order valence-electron chi connectivity index (χ4n) is 0.477. The second-order valence-electron chi connectivity index (χ2n) is 1.48. The number of aromatic nitrogens is 1. The molecule has 0 bridgehead atoms. The number of carbonyl (C=O) groups excluding carboxylic acids is 1. The van der Waals surface area contributed by atoms with Crippen LogP contribution in [0.15, 0.2) is 18.3 Å². The molecule has 0 spiro atoms. The third-order valence-electron chi connectivity index (χ3n) is 0.897. The quantitative estimate of drug-likeness (QED) is 0.580. The van der Waals surface area contributed by atoms with Gasteiger partial charge in [-0.05, 0) is 12.1 Å². The zero-order chi connectivity index (χ0) is 6.69. The molecule has 3 nitrogen and oxygen atoms in total. The summed E-state index contributed by atoms with van der Waals surface area (Å²) in [6.45, 7) is 0. The maximum absolute atomic E-state index is 9.90. The molecule has 0 saturated heterocycles. The van der Waals surface area contributed by atoms with E-state index in [9.17, 15) is 4.79 Å². The molecule has 0 unspecified atom stereocenters. The Morgan fingerprint density at radius 1 is 1.67 bits per heavy atom. The highest BCUT2D eigenvalue weighted by molar-refractivity contribution is 5.78. The Hall–Kier alpha value is -1.38. The van der Waals surface area contributed by atoms with Crippen molar-refractivity contribution in [2.45, 2.75) is 0 Å². The zero-order valence-electron chi connectivity index (χ0n) is 4.53. The highest BCUT2D eigenvalue weighted by Crippen LogP contribution is 2.06. The highest BCUT2D eigenvalue weighted by atomic mass is 16.3. The van der Waals surface area contributed by atoms with Crippen LogP contribution in [-0.4, -0.2) is 16.4 Å². The van der Waals surface area contributed by atoms with Gasteiger partial charge in [0.2, 0.25) is 12.2 Å². The Morgan fingerprint density at radius 3 is 2.89 bits per heavy atom.